The molecule has 1 aromatic carbocycles. The molecule has 1 aliphatic rings. The Morgan fingerprint density at radius 2 is 1.93 bits per heavy atom. The van der Waals surface area contributed by atoms with Crippen molar-refractivity contribution in [2.75, 3.05) is 26.2 Å². The normalized spacial score (nSPS) is 17.0. The number of piperidine rings is 1. The van der Waals surface area contributed by atoms with E-state index in [1.807, 2.05) is 44.2 Å². The standard InChI is InChI=1S/C21H30N2O4/c1-16(2)14-23(12-10-20(25)26)21(27)18-9-6-11-22(15-18)19(24)13-17-7-4-3-5-8-17/h3-5,7-8,16,18H,6,9-15H2,1-2H3,(H,25,26). The summed E-state index contributed by atoms with van der Waals surface area (Å²) in [6.07, 6.45) is 1.83. The van der Waals surface area contributed by atoms with Crippen molar-refractivity contribution in [1.29, 1.82) is 0 Å². The summed E-state index contributed by atoms with van der Waals surface area (Å²) in [6, 6.07) is 9.61. The minimum atomic E-state index is -0.903. The number of nitrogens with zero attached hydrogens (tertiary/aromatic N) is 2. The van der Waals surface area contributed by atoms with Crippen LogP contribution in [0.2, 0.25) is 0 Å². The van der Waals surface area contributed by atoms with E-state index >= 15 is 0 Å². The monoisotopic (exact) mass is 374 g/mol. The lowest BCUT2D eigenvalue weighted by atomic mass is 9.95. The highest BCUT2D eigenvalue weighted by atomic mass is 16.4. The highest BCUT2D eigenvalue weighted by Gasteiger charge is 2.31. The molecule has 2 amide bonds. The second-order valence-corrected chi connectivity index (χ2v) is 7.66. The van der Waals surface area contributed by atoms with Crippen LogP contribution < -0.4 is 0 Å². The first-order valence-electron chi connectivity index (χ1n) is 9.69. The zero-order valence-electron chi connectivity index (χ0n) is 16.3. The number of amides is 2. The first-order valence-corrected chi connectivity index (χ1v) is 9.69. The summed E-state index contributed by atoms with van der Waals surface area (Å²) in [5, 5.41) is 8.95. The van der Waals surface area contributed by atoms with Crippen LogP contribution in [-0.2, 0) is 20.8 Å². The number of hydrogen-bond acceptors (Lipinski definition) is 3. The predicted octanol–water partition coefficient (Wildman–Crippen LogP) is 2.43. The highest BCUT2D eigenvalue weighted by Crippen LogP contribution is 2.21. The van der Waals surface area contributed by atoms with Crippen molar-refractivity contribution in [2.24, 2.45) is 11.8 Å². The Labute approximate surface area is 161 Å². The van der Waals surface area contributed by atoms with E-state index in [0.29, 0.717) is 26.1 Å². The number of aliphatic carboxylic acids is 1. The maximum atomic E-state index is 13.0. The minimum absolute atomic E-state index is 0.0258. The van der Waals surface area contributed by atoms with Gasteiger partial charge in [-0.05, 0) is 24.3 Å². The summed E-state index contributed by atoms with van der Waals surface area (Å²) in [7, 11) is 0. The van der Waals surface area contributed by atoms with Crippen LogP contribution in [0.3, 0.4) is 0 Å². The van der Waals surface area contributed by atoms with Crippen LogP contribution in [0.15, 0.2) is 30.3 Å². The largest absolute Gasteiger partial charge is 0.481 e. The fourth-order valence-electron chi connectivity index (χ4n) is 3.51. The second kappa shape index (κ2) is 10.1. The highest BCUT2D eigenvalue weighted by molar-refractivity contribution is 5.82. The first-order chi connectivity index (χ1) is 12.9. The lowest BCUT2D eigenvalue weighted by molar-refractivity contribution is -0.142. The van der Waals surface area contributed by atoms with E-state index in [4.69, 9.17) is 5.11 Å². The molecule has 1 aliphatic heterocycles. The van der Waals surface area contributed by atoms with Crippen LogP contribution in [0.5, 0.6) is 0 Å². The average Bonchev–Trinajstić information content (AvgIpc) is 2.65. The fourth-order valence-corrected chi connectivity index (χ4v) is 3.51. The molecule has 0 bridgehead atoms. The van der Waals surface area contributed by atoms with E-state index in [2.05, 4.69) is 0 Å². The Kier molecular flexibility index (Phi) is 7.82. The van der Waals surface area contributed by atoms with Crippen LogP contribution >= 0.6 is 0 Å². The Morgan fingerprint density at radius 3 is 2.56 bits per heavy atom. The third kappa shape index (κ3) is 6.70. The molecule has 0 radical (unpaired) electrons. The molecule has 1 N–H and O–H groups in total. The number of carbonyl (C=O) groups is 3. The van der Waals surface area contributed by atoms with Crippen molar-refractivity contribution in [3.8, 4) is 0 Å². The fraction of sp³-hybridized carbons (Fsp3) is 0.571. The van der Waals surface area contributed by atoms with E-state index in [9.17, 15) is 14.4 Å². The van der Waals surface area contributed by atoms with Gasteiger partial charge in [0.2, 0.25) is 11.8 Å². The summed E-state index contributed by atoms with van der Waals surface area (Å²) < 4.78 is 0. The molecule has 1 fully saturated rings. The SMILES string of the molecule is CC(C)CN(CCC(=O)O)C(=O)C1CCCN(C(=O)Cc2ccccc2)C1. The molecule has 2 rings (SSSR count). The smallest absolute Gasteiger partial charge is 0.305 e. The third-order valence-electron chi connectivity index (χ3n) is 4.81. The molecular formula is C21H30N2O4. The molecule has 6 heteroatoms. The zero-order valence-corrected chi connectivity index (χ0v) is 16.3. The van der Waals surface area contributed by atoms with Crippen molar-refractivity contribution in [3.63, 3.8) is 0 Å². The lowest BCUT2D eigenvalue weighted by Crippen LogP contribution is -2.48. The summed E-state index contributed by atoms with van der Waals surface area (Å²) in [6.45, 7) is 5.89. The summed E-state index contributed by atoms with van der Waals surface area (Å²) in [5.41, 5.74) is 0.971. The topological polar surface area (TPSA) is 77.9 Å². The Morgan fingerprint density at radius 1 is 1.22 bits per heavy atom. The predicted molar refractivity (Wildman–Crippen MR) is 103 cm³/mol. The molecule has 0 aliphatic carbocycles. The van der Waals surface area contributed by atoms with Crippen molar-refractivity contribution >= 4 is 17.8 Å². The quantitative estimate of drug-likeness (QED) is 0.758. The second-order valence-electron chi connectivity index (χ2n) is 7.66. The number of carbonyl (C=O) groups excluding carboxylic acids is 2. The molecule has 1 aromatic rings. The first kappa shape index (κ1) is 20.9. The number of carboxylic acids is 1. The molecule has 1 unspecified atom stereocenters. The number of rotatable bonds is 8. The van der Waals surface area contributed by atoms with Gasteiger partial charge in [-0.3, -0.25) is 14.4 Å². The van der Waals surface area contributed by atoms with Crippen LogP contribution in [0.4, 0.5) is 0 Å². The van der Waals surface area contributed by atoms with Crippen LogP contribution in [0, 0.1) is 11.8 Å². The molecule has 0 aromatic heterocycles. The van der Waals surface area contributed by atoms with Crippen molar-refractivity contribution < 1.29 is 19.5 Å². The van der Waals surface area contributed by atoms with Crippen LogP contribution in [0.1, 0.15) is 38.7 Å². The van der Waals surface area contributed by atoms with Crippen molar-refractivity contribution in [3.05, 3.63) is 35.9 Å². The lowest BCUT2D eigenvalue weighted by Gasteiger charge is -2.35. The van der Waals surface area contributed by atoms with Gasteiger partial charge in [-0.25, -0.2) is 0 Å². The minimum Gasteiger partial charge on any atom is -0.481 e. The van der Waals surface area contributed by atoms with Crippen LogP contribution in [0.25, 0.3) is 0 Å². The summed E-state index contributed by atoms with van der Waals surface area (Å²) in [5.74, 6) is -0.866. The van der Waals surface area contributed by atoms with Gasteiger partial charge in [0.05, 0.1) is 18.8 Å². The van der Waals surface area contributed by atoms with Gasteiger partial charge in [0, 0.05) is 26.2 Å². The molecule has 6 nitrogen and oxygen atoms in total. The van der Waals surface area contributed by atoms with E-state index in [1.54, 1.807) is 9.80 Å². The van der Waals surface area contributed by atoms with Gasteiger partial charge in [0.25, 0.3) is 0 Å². The van der Waals surface area contributed by atoms with Gasteiger partial charge >= 0.3 is 5.97 Å². The van der Waals surface area contributed by atoms with E-state index in [1.165, 1.54) is 0 Å². The maximum absolute atomic E-state index is 13.0. The van der Waals surface area contributed by atoms with E-state index in [0.717, 1.165) is 18.4 Å². The van der Waals surface area contributed by atoms with Crippen molar-refractivity contribution in [2.45, 2.75) is 39.5 Å². The molecule has 0 spiro atoms. The molecule has 27 heavy (non-hydrogen) atoms. The van der Waals surface area contributed by atoms with Gasteiger partial charge in [0.1, 0.15) is 0 Å². The summed E-state index contributed by atoms with van der Waals surface area (Å²) >= 11 is 0. The third-order valence-corrected chi connectivity index (χ3v) is 4.81. The Hall–Kier alpha value is -2.37. The molecule has 1 heterocycles. The van der Waals surface area contributed by atoms with Gasteiger partial charge in [-0.2, -0.15) is 0 Å². The Balaban J connectivity index is 1.98. The van der Waals surface area contributed by atoms with E-state index < -0.39 is 5.97 Å². The van der Waals surface area contributed by atoms with Gasteiger partial charge < -0.3 is 14.9 Å². The average molecular weight is 374 g/mol. The van der Waals surface area contributed by atoms with Gasteiger partial charge in [-0.1, -0.05) is 44.2 Å². The molecule has 0 saturated carbocycles. The van der Waals surface area contributed by atoms with E-state index in [-0.39, 0.29) is 36.6 Å². The van der Waals surface area contributed by atoms with Gasteiger partial charge in [-0.15, -0.1) is 0 Å². The molecule has 1 saturated heterocycles. The number of hydrogen-bond donors (Lipinski definition) is 1. The number of likely N-dealkylation sites (tertiary alicyclic amines) is 1. The summed E-state index contributed by atoms with van der Waals surface area (Å²) in [4.78, 5) is 39.9. The number of carboxylic acid groups (broad SMARTS) is 1. The van der Waals surface area contributed by atoms with Crippen molar-refractivity contribution in [1.82, 2.24) is 9.80 Å². The molecule has 148 valence electrons. The molecular weight excluding hydrogens is 344 g/mol. The number of benzene rings is 1. The zero-order chi connectivity index (χ0) is 19.8. The van der Waals surface area contributed by atoms with Crippen LogP contribution in [-0.4, -0.2) is 58.9 Å². The Bertz CT molecular complexity index is 645. The maximum Gasteiger partial charge on any atom is 0.305 e. The van der Waals surface area contributed by atoms with Gasteiger partial charge in [0.15, 0.2) is 0 Å². The molecule has 1 atom stereocenters.